The van der Waals surface area contributed by atoms with Gasteiger partial charge in [-0.25, -0.2) is 0 Å². The van der Waals surface area contributed by atoms with Gasteiger partial charge in [0.1, 0.15) is 17.5 Å². The molecule has 0 saturated carbocycles. The number of hydrogen-bond acceptors (Lipinski definition) is 4. The van der Waals surface area contributed by atoms with E-state index < -0.39 is 16.8 Å². The number of rotatable bonds is 7. The van der Waals surface area contributed by atoms with Crippen LogP contribution >= 0.6 is 11.8 Å². The van der Waals surface area contributed by atoms with Crippen LogP contribution in [-0.4, -0.2) is 39.5 Å². The van der Waals surface area contributed by atoms with Gasteiger partial charge in [-0.05, 0) is 50.3 Å². The molecule has 6 nitrogen and oxygen atoms in total. The van der Waals surface area contributed by atoms with Crippen molar-refractivity contribution >= 4 is 29.5 Å². The van der Waals surface area contributed by atoms with E-state index in [1.165, 1.54) is 0 Å². The number of hydrogen-bond donors (Lipinski definition) is 2. The van der Waals surface area contributed by atoms with Crippen LogP contribution in [0.15, 0.2) is 54.6 Å². The molecule has 0 spiro atoms. The molecule has 0 aromatic heterocycles. The van der Waals surface area contributed by atoms with E-state index in [1.807, 2.05) is 89.2 Å². The third-order valence-electron chi connectivity index (χ3n) is 6.54. The average Bonchev–Trinajstić information content (AvgIpc) is 3.22. The lowest BCUT2D eigenvalue weighted by Crippen LogP contribution is -2.57. The largest absolute Gasteiger partial charge is 0.348 e. The molecule has 34 heavy (non-hydrogen) atoms. The third-order valence-corrected chi connectivity index (χ3v) is 8.08. The topological polar surface area (TPSA) is 78.5 Å². The zero-order valence-corrected chi connectivity index (χ0v) is 21.2. The lowest BCUT2D eigenvalue weighted by atomic mass is 9.98. The van der Waals surface area contributed by atoms with Crippen molar-refractivity contribution < 1.29 is 14.4 Å². The molecule has 0 unspecified atom stereocenters. The predicted octanol–water partition coefficient (Wildman–Crippen LogP) is 4.44. The summed E-state index contributed by atoms with van der Waals surface area (Å²) in [4.78, 5) is 41.8. The van der Waals surface area contributed by atoms with Crippen LogP contribution < -0.4 is 10.6 Å². The molecule has 180 valence electrons. The zero-order chi connectivity index (χ0) is 24.6. The fourth-order valence-corrected chi connectivity index (χ4v) is 6.49. The predicted molar refractivity (Wildman–Crippen MR) is 135 cm³/mol. The molecule has 0 aliphatic carbocycles. The minimum Gasteiger partial charge on any atom is -0.348 e. The number of carbonyl (C=O) groups is 3. The summed E-state index contributed by atoms with van der Waals surface area (Å²) >= 11 is 1.62. The first-order valence-electron chi connectivity index (χ1n) is 11.8. The van der Waals surface area contributed by atoms with Crippen LogP contribution in [0.1, 0.15) is 73.9 Å². The van der Waals surface area contributed by atoms with E-state index in [1.54, 1.807) is 16.7 Å². The van der Waals surface area contributed by atoms with E-state index >= 15 is 0 Å². The molecule has 2 heterocycles. The van der Waals surface area contributed by atoms with Crippen molar-refractivity contribution in [2.24, 2.45) is 5.92 Å². The van der Waals surface area contributed by atoms with Crippen molar-refractivity contribution in [1.29, 1.82) is 0 Å². The summed E-state index contributed by atoms with van der Waals surface area (Å²) in [7, 11) is 0. The van der Waals surface area contributed by atoms with Gasteiger partial charge >= 0.3 is 0 Å². The molecule has 0 bridgehead atoms. The maximum absolute atomic E-state index is 13.7. The smallest absolute Gasteiger partial charge is 0.256 e. The van der Waals surface area contributed by atoms with Crippen LogP contribution in [0, 0.1) is 5.92 Å². The Kier molecular flexibility index (Phi) is 6.76. The highest BCUT2D eigenvalue weighted by Gasteiger charge is 2.57. The van der Waals surface area contributed by atoms with Gasteiger partial charge in [0.25, 0.3) is 5.91 Å². The highest BCUT2D eigenvalue weighted by Crippen LogP contribution is 2.56. The van der Waals surface area contributed by atoms with Crippen molar-refractivity contribution in [3.63, 3.8) is 0 Å². The molecule has 2 aliphatic heterocycles. The highest BCUT2D eigenvalue weighted by atomic mass is 32.2. The number of nitrogens with zero attached hydrogens (tertiary/aromatic N) is 1. The molecular formula is C27H33N3O3S. The van der Waals surface area contributed by atoms with Gasteiger partial charge in [-0.2, -0.15) is 0 Å². The second-order valence-electron chi connectivity index (χ2n) is 10.1. The van der Waals surface area contributed by atoms with E-state index in [-0.39, 0.29) is 35.1 Å². The van der Waals surface area contributed by atoms with E-state index in [4.69, 9.17) is 0 Å². The fourth-order valence-electron chi connectivity index (χ4n) is 4.90. The van der Waals surface area contributed by atoms with Crippen molar-refractivity contribution in [3.05, 3.63) is 71.3 Å². The summed E-state index contributed by atoms with van der Waals surface area (Å²) in [6, 6.07) is 15.8. The number of amides is 3. The summed E-state index contributed by atoms with van der Waals surface area (Å²) in [6.45, 7) is 9.97. The molecule has 0 radical (unpaired) electrons. The standard InChI is InChI=1S/C27H33N3O3S/c1-16(2)15-21(23(31)28-17(3)18-11-7-6-8-12-18)29-24(32)22-27(4,5)34-26-20-14-10-9-13-19(20)25(33)30(22)26/h6-14,16-17,21-22,26H,15H2,1-5H3,(H,28,31)(H,29,32)/t17-,21-,22+,26-/m0/s1. The molecule has 4 atom stereocenters. The minimum atomic E-state index is -0.682. The maximum atomic E-state index is 13.7. The lowest BCUT2D eigenvalue weighted by molar-refractivity contribution is -0.132. The van der Waals surface area contributed by atoms with Crippen LogP contribution in [0.2, 0.25) is 0 Å². The van der Waals surface area contributed by atoms with Gasteiger partial charge in [0.2, 0.25) is 11.8 Å². The molecular weight excluding hydrogens is 446 g/mol. The Morgan fingerprint density at radius 2 is 1.65 bits per heavy atom. The quantitative estimate of drug-likeness (QED) is 0.615. The average molecular weight is 480 g/mol. The van der Waals surface area contributed by atoms with Crippen LogP contribution in [0.4, 0.5) is 0 Å². The molecule has 1 fully saturated rings. The highest BCUT2D eigenvalue weighted by molar-refractivity contribution is 8.01. The summed E-state index contributed by atoms with van der Waals surface area (Å²) in [6.07, 6.45) is 0.511. The summed E-state index contributed by atoms with van der Waals surface area (Å²) in [5, 5.41) is 5.86. The van der Waals surface area contributed by atoms with Crippen molar-refractivity contribution in [2.75, 3.05) is 0 Å². The molecule has 2 aromatic rings. The molecule has 4 rings (SSSR count). The Morgan fingerprint density at radius 3 is 2.32 bits per heavy atom. The monoisotopic (exact) mass is 479 g/mol. The van der Waals surface area contributed by atoms with Gasteiger partial charge < -0.3 is 15.5 Å². The van der Waals surface area contributed by atoms with Crippen molar-refractivity contribution in [2.45, 2.75) is 69.3 Å². The minimum absolute atomic E-state index is 0.124. The zero-order valence-electron chi connectivity index (χ0n) is 20.4. The van der Waals surface area contributed by atoms with Crippen LogP contribution in [-0.2, 0) is 9.59 Å². The lowest BCUT2D eigenvalue weighted by Gasteiger charge is -2.31. The van der Waals surface area contributed by atoms with Gasteiger partial charge in [-0.15, -0.1) is 11.8 Å². The van der Waals surface area contributed by atoms with E-state index in [9.17, 15) is 14.4 Å². The summed E-state index contributed by atoms with van der Waals surface area (Å²) in [5.74, 6) is -0.412. The number of benzene rings is 2. The first kappa shape index (κ1) is 24.3. The molecule has 2 aromatic carbocycles. The van der Waals surface area contributed by atoms with E-state index in [0.717, 1.165) is 11.1 Å². The molecule has 1 saturated heterocycles. The molecule has 7 heteroatoms. The molecule has 3 amide bonds. The SMILES string of the molecule is CC(C)C[C@H](NC(=O)[C@H]1N2C(=O)c3ccccc3[C@@H]2SC1(C)C)C(=O)N[C@@H](C)c1ccccc1. The van der Waals surface area contributed by atoms with Gasteiger partial charge in [-0.3, -0.25) is 14.4 Å². The van der Waals surface area contributed by atoms with Crippen LogP contribution in [0.5, 0.6) is 0 Å². The Balaban J connectivity index is 1.53. The van der Waals surface area contributed by atoms with Gasteiger partial charge in [0.15, 0.2) is 0 Å². The maximum Gasteiger partial charge on any atom is 0.256 e. The van der Waals surface area contributed by atoms with Gasteiger partial charge in [-0.1, -0.05) is 62.4 Å². The van der Waals surface area contributed by atoms with E-state index in [2.05, 4.69) is 10.6 Å². The molecule has 2 aliphatic rings. The number of thioether (sulfide) groups is 1. The molecule has 2 N–H and O–H groups in total. The van der Waals surface area contributed by atoms with Crippen molar-refractivity contribution in [3.8, 4) is 0 Å². The fraction of sp³-hybridized carbons (Fsp3) is 0.444. The first-order valence-corrected chi connectivity index (χ1v) is 12.7. The number of carbonyl (C=O) groups excluding carboxylic acids is 3. The van der Waals surface area contributed by atoms with Crippen LogP contribution in [0.3, 0.4) is 0 Å². The Morgan fingerprint density at radius 1 is 1.00 bits per heavy atom. The van der Waals surface area contributed by atoms with Crippen LogP contribution in [0.25, 0.3) is 0 Å². The summed E-state index contributed by atoms with van der Waals surface area (Å²) < 4.78 is -0.492. The first-order chi connectivity index (χ1) is 16.1. The normalized spacial score (nSPS) is 22.2. The van der Waals surface area contributed by atoms with Gasteiger partial charge in [0, 0.05) is 10.3 Å². The summed E-state index contributed by atoms with van der Waals surface area (Å²) in [5.41, 5.74) is 2.61. The Bertz CT molecular complexity index is 1090. The van der Waals surface area contributed by atoms with E-state index in [0.29, 0.717) is 12.0 Å². The van der Waals surface area contributed by atoms with Crippen molar-refractivity contribution in [1.82, 2.24) is 15.5 Å². The third kappa shape index (κ3) is 4.58. The second-order valence-corrected chi connectivity index (χ2v) is 11.8. The second kappa shape index (κ2) is 9.45. The number of fused-ring (bicyclic) bond motifs is 3. The Hall–Kier alpha value is -2.80. The number of nitrogens with one attached hydrogen (secondary N) is 2. The Labute approximate surface area is 205 Å². The van der Waals surface area contributed by atoms with Gasteiger partial charge in [0.05, 0.1) is 6.04 Å².